The van der Waals surface area contributed by atoms with Crippen LogP contribution in [0.25, 0.3) is 0 Å². The van der Waals surface area contributed by atoms with Crippen molar-refractivity contribution in [2.24, 2.45) is 5.92 Å². The molecule has 4 atom stereocenters. The van der Waals surface area contributed by atoms with Crippen molar-refractivity contribution in [3.05, 3.63) is 107 Å². The predicted octanol–water partition coefficient (Wildman–Crippen LogP) is 5.78. The Bertz CT molecular complexity index is 1910. The quantitative estimate of drug-likeness (QED) is 0.118. The summed E-state index contributed by atoms with van der Waals surface area (Å²) in [5.41, 5.74) is -3.14. The smallest absolute Gasteiger partial charge is 0.341 e. The van der Waals surface area contributed by atoms with Gasteiger partial charge in [-0.05, 0) is 49.1 Å². The van der Waals surface area contributed by atoms with Gasteiger partial charge in [0.1, 0.15) is 16.9 Å². The predicted molar refractivity (Wildman–Crippen MR) is 170 cm³/mol. The number of nitrogens with zero attached hydrogens (tertiary/aromatic N) is 3. The molecule has 2 aliphatic heterocycles. The maximum atomic E-state index is 16.0. The minimum Gasteiger partial charge on any atom is -0.490 e. The number of rotatable bonds is 10. The molecule has 48 heavy (non-hydrogen) atoms. The fraction of sp³-hybridized carbons (Fsp3) is 0.344. The van der Waals surface area contributed by atoms with Gasteiger partial charge in [-0.1, -0.05) is 41.4 Å². The first kappa shape index (κ1) is 33.2. The largest absolute Gasteiger partial charge is 0.490 e. The van der Waals surface area contributed by atoms with Gasteiger partial charge >= 0.3 is 11.7 Å². The van der Waals surface area contributed by atoms with Crippen LogP contribution in [0, 0.1) is 32.0 Å². The highest BCUT2D eigenvalue weighted by molar-refractivity contribution is 6.31. The summed E-state index contributed by atoms with van der Waals surface area (Å²) in [4.78, 5) is 66.4. The zero-order chi connectivity index (χ0) is 34.7. The van der Waals surface area contributed by atoms with Crippen molar-refractivity contribution in [1.82, 2.24) is 4.90 Å². The van der Waals surface area contributed by atoms with Crippen molar-refractivity contribution in [2.45, 2.75) is 42.8 Å². The average molecular weight is 701 g/mol. The van der Waals surface area contributed by atoms with E-state index < -0.39 is 80.3 Å². The lowest BCUT2D eigenvalue weighted by Crippen LogP contribution is -2.53. The van der Waals surface area contributed by atoms with Gasteiger partial charge in [0.15, 0.2) is 5.78 Å². The van der Waals surface area contributed by atoms with Gasteiger partial charge in [-0.25, -0.2) is 9.18 Å². The average Bonchev–Trinajstić information content (AvgIpc) is 3.77. The second-order valence-electron chi connectivity index (χ2n) is 11.9. The highest BCUT2D eigenvalue weighted by Gasteiger charge is 2.71. The summed E-state index contributed by atoms with van der Waals surface area (Å²) in [7, 11) is 2.15. The van der Waals surface area contributed by atoms with Crippen molar-refractivity contribution in [1.29, 1.82) is 0 Å². The minimum absolute atomic E-state index is 0.00718. The maximum Gasteiger partial charge on any atom is 0.341 e. The van der Waals surface area contributed by atoms with Gasteiger partial charge in [-0.2, -0.15) is 0 Å². The number of ketones is 1. The highest BCUT2D eigenvalue weighted by atomic mass is 35.5. The Hall–Kier alpha value is -4.66. The Balaban J connectivity index is 1.58. The topological polar surface area (TPSA) is 171 Å². The number of carbonyl (C=O) groups excluding carboxylic acids is 3. The van der Waals surface area contributed by atoms with Gasteiger partial charge in [-0.15, -0.1) is 0 Å². The van der Waals surface area contributed by atoms with Crippen molar-refractivity contribution in [3.8, 4) is 5.75 Å². The number of hydrogen-bond donors (Lipinski definition) is 1. The van der Waals surface area contributed by atoms with Crippen LogP contribution in [0.1, 0.15) is 57.0 Å². The lowest BCUT2D eigenvalue weighted by atomic mass is 9.73. The van der Waals surface area contributed by atoms with E-state index in [-0.39, 0.29) is 39.3 Å². The van der Waals surface area contributed by atoms with Crippen molar-refractivity contribution in [3.63, 3.8) is 0 Å². The summed E-state index contributed by atoms with van der Waals surface area (Å²) >= 11 is 12.4. The molecule has 3 aromatic rings. The van der Waals surface area contributed by atoms with Gasteiger partial charge < -0.3 is 14.8 Å². The number of carbonyl (C=O) groups is 3. The Morgan fingerprint density at radius 2 is 1.79 bits per heavy atom. The zero-order valence-electron chi connectivity index (χ0n) is 25.4. The molecule has 3 aliphatic rings. The summed E-state index contributed by atoms with van der Waals surface area (Å²) in [6.07, 6.45) is 0.815. The number of likely N-dealkylation sites (tertiary alicyclic amines) is 1. The van der Waals surface area contributed by atoms with Crippen LogP contribution >= 0.6 is 23.2 Å². The monoisotopic (exact) mass is 700 g/mol. The Labute approximate surface area is 282 Å². The van der Waals surface area contributed by atoms with Gasteiger partial charge in [0, 0.05) is 39.7 Å². The Kier molecular flexibility index (Phi) is 8.60. The Morgan fingerprint density at radius 3 is 2.42 bits per heavy atom. The van der Waals surface area contributed by atoms with Crippen LogP contribution < -0.4 is 10.1 Å². The van der Waals surface area contributed by atoms with Crippen molar-refractivity contribution in [2.75, 3.05) is 26.1 Å². The summed E-state index contributed by atoms with van der Waals surface area (Å²) in [6, 6.07) is 7.62. The summed E-state index contributed by atoms with van der Waals surface area (Å²) in [6.45, 7) is 0.128. The fourth-order valence-electron chi connectivity index (χ4n) is 7.26. The lowest BCUT2D eigenvalue weighted by molar-refractivity contribution is -0.528. The zero-order valence-corrected chi connectivity index (χ0v) is 26.9. The second-order valence-corrected chi connectivity index (χ2v) is 12.7. The van der Waals surface area contributed by atoms with Gasteiger partial charge in [-0.3, -0.25) is 34.7 Å². The first-order chi connectivity index (χ1) is 22.9. The molecule has 1 saturated carbocycles. The van der Waals surface area contributed by atoms with E-state index in [0.29, 0.717) is 5.56 Å². The van der Waals surface area contributed by atoms with E-state index in [2.05, 4.69) is 5.32 Å². The van der Waals surface area contributed by atoms with Crippen molar-refractivity contribution < 1.29 is 38.1 Å². The number of anilines is 1. The molecule has 2 heterocycles. The van der Waals surface area contributed by atoms with E-state index in [9.17, 15) is 34.6 Å². The molecule has 16 heteroatoms. The number of ether oxygens (including phenoxy) is 2. The third-order valence-corrected chi connectivity index (χ3v) is 9.88. The van der Waals surface area contributed by atoms with Gasteiger partial charge in [0.25, 0.3) is 5.91 Å². The number of esters is 1. The molecule has 1 spiro atoms. The first-order valence-electron chi connectivity index (χ1n) is 14.8. The van der Waals surface area contributed by atoms with Gasteiger partial charge in [0.2, 0.25) is 11.8 Å². The molecule has 0 aromatic heterocycles. The standard InChI is InChI=1S/C32H27Cl2FN4O9/c1-47-29-19(30(41)48-2)10-9-17(27(29)38(43)44)24(40)13-23-28(39(45)46)25(18-4-3-5-21(34)26(18)35)32(37(23)14-15-6-7-15)20-11-8-16(33)12-22(20)36-31(32)42/h3-5,8-12,15,23,25,28H,6-7,13-14H2,1-2H3,(H,36,42)/t23-,25-,28?,32+/m0/s1. The molecular weight excluding hydrogens is 674 g/mol. The first-order valence-corrected chi connectivity index (χ1v) is 15.5. The molecule has 0 bridgehead atoms. The molecule has 2 fully saturated rings. The number of benzene rings is 3. The number of methoxy groups -OCH3 is 2. The summed E-state index contributed by atoms with van der Waals surface area (Å²) in [5, 5.41) is 28.2. The van der Waals surface area contributed by atoms with E-state index in [1.165, 1.54) is 30.3 Å². The van der Waals surface area contributed by atoms with Crippen LogP contribution in [0.3, 0.4) is 0 Å². The SMILES string of the molecule is COC(=O)c1ccc(C(=O)C[C@H]2C([N+](=O)[O-])[C@H](c3cccc(Cl)c3F)[C@]3(C(=O)Nc4cc(Cl)ccc43)N2CC2CC2)c([N+](=O)[O-])c1OC. The number of halogens is 3. The Morgan fingerprint density at radius 1 is 1.08 bits per heavy atom. The fourth-order valence-corrected chi connectivity index (χ4v) is 7.61. The number of hydrogen-bond acceptors (Lipinski definition) is 10. The van der Waals surface area contributed by atoms with E-state index in [0.717, 1.165) is 39.2 Å². The van der Waals surface area contributed by atoms with Crippen molar-refractivity contribution >= 4 is 52.2 Å². The number of nitro groups is 2. The number of amides is 1. The van der Waals surface area contributed by atoms with Crippen LogP contribution in [-0.4, -0.2) is 65.3 Å². The minimum atomic E-state index is -1.89. The molecule has 250 valence electrons. The number of Topliss-reactive ketones (excluding diaryl/α,β-unsaturated/α-hetero) is 1. The van der Waals surface area contributed by atoms with Gasteiger partial charge in [0.05, 0.1) is 41.7 Å². The van der Waals surface area contributed by atoms with E-state index in [1.54, 1.807) is 11.0 Å². The number of fused-ring (bicyclic) bond motifs is 2. The lowest BCUT2D eigenvalue weighted by Gasteiger charge is -2.38. The number of nitrogens with one attached hydrogen (secondary N) is 1. The molecule has 1 unspecified atom stereocenters. The summed E-state index contributed by atoms with van der Waals surface area (Å²) < 4.78 is 25.9. The third-order valence-electron chi connectivity index (χ3n) is 9.36. The van der Waals surface area contributed by atoms with Crippen LogP contribution in [0.15, 0.2) is 48.5 Å². The molecule has 6 rings (SSSR count). The molecule has 1 saturated heterocycles. The van der Waals surface area contributed by atoms with E-state index in [1.807, 2.05) is 0 Å². The molecule has 3 aromatic carbocycles. The van der Waals surface area contributed by atoms with Crippen LogP contribution in [0.4, 0.5) is 15.8 Å². The van der Waals surface area contributed by atoms with E-state index >= 15 is 4.39 Å². The van der Waals surface area contributed by atoms with Crippen LogP contribution in [0.5, 0.6) is 5.75 Å². The molecule has 1 N–H and O–H groups in total. The number of nitro benzene ring substituents is 1. The molecule has 0 radical (unpaired) electrons. The van der Waals surface area contributed by atoms with Crippen LogP contribution in [-0.2, 0) is 15.1 Å². The van der Waals surface area contributed by atoms with E-state index in [4.69, 9.17) is 32.7 Å². The molecule has 1 aliphatic carbocycles. The molecular formula is C32H27Cl2FN4O9. The maximum absolute atomic E-state index is 16.0. The normalized spacial score (nSPS) is 23.1. The second kappa shape index (κ2) is 12.4. The molecule has 13 nitrogen and oxygen atoms in total. The third kappa shape index (κ3) is 5.15. The molecule has 1 amide bonds. The summed E-state index contributed by atoms with van der Waals surface area (Å²) in [5.74, 6) is -5.51. The van der Waals surface area contributed by atoms with Crippen LogP contribution in [0.2, 0.25) is 10.0 Å². The highest BCUT2D eigenvalue weighted by Crippen LogP contribution is 2.60.